The third-order valence-corrected chi connectivity index (χ3v) is 6.18. The fourth-order valence-corrected chi connectivity index (χ4v) is 3.91. The first-order valence-corrected chi connectivity index (χ1v) is 10.6. The molecule has 0 spiro atoms. The average Bonchev–Trinajstić information content (AvgIpc) is 2.95. The number of hydrogen-bond donors (Lipinski definition) is 2. The summed E-state index contributed by atoms with van der Waals surface area (Å²) in [7, 11) is 0. The first-order valence-electron chi connectivity index (χ1n) is 10.6. The number of piperazine rings is 1. The van der Waals surface area contributed by atoms with E-state index in [1.165, 1.54) is 0 Å². The molecule has 2 aliphatic heterocycles. The number of nitrogens with zero attached hydrogens (tertiary/aromatic N) is 3. The Morgan fingerprint density at radius 3 is 2.23 bits per heavy atom. The molecule has 0 aliphatic carbocycles. The van der Waals surface area contributed by atoms with Gasteiger partial charge in [0.1, 0.15) is 12.1 Å². The number of imide groups is 1. The first kappa shape index (κ1) is 22.7. The number of rotatable bonds is 6. The Hall–Kier alpha value is -2.94. The van der Waals surface area contributed by atoms with Crippen LogP contribution in [0.15, 0.2) is 18.2 Å². The van der Waals surface area contributed by atoms with E-state index in [0.29, 0.717) is 32.6 Å². The number of anilines is 1. The van der Waals surface area contributed by atoms with Gasteiger partial charge in [0.25, 0.3) is 5.91 Å². The van der Waals surface area contributed by atoms with Gasteiger partial charge in [-0.3, -0.25) is 24.2 Å². The van der Waals surface area contributed by atoms with Crippen LogP contribution in [0.5, 0.6) is 0 Å². The van der Waals surface area contributed by atoms with Gasteiger partial charge in [0.05, 0.1) is 6.54 Å². The van der Waals surface area contributed by atoms with Crippen molar-refractivity contribution in [1.29, 1.82) is 0 Å². The van der Waals surface area contributed by atoms with Crippen LogP contribution < -0.4 is 10.6 Å². The summed E-state index contributed by atoms with van der Waals surface area (Å²) >= 11 is 0. The Morgan fingerprint density at radius 1 is 1.06 bits per heavy atom. The number of aryl methyl sites for hydroxylation is 2. The van der Waals surface area contributed by atoms with Crippen molar-refractivity contribution < 1.29 is 19.2 Å². The summed E-state index contributed by atoms with van der Waals surface area (Å²) in [6.07, 6.45) is 0.463. The molecule has 2 saturated heterocycles. The average molecular weight is 430 g/mol. The number of benzene rings is 1. The second kappa shape index (κ2) is 9.05. The number of nitrogens with one attached hydrogen (secondary N) is 2. The SMILES string of the molecule is CC[C@@]1(C)NC(=O)N(CC(=O)N2CCN(CC(=O)Nc3c(C)cccc3C)CC2)C1=O. The number of carbonyl (C=O) groups is 4. The zero-order valence-corrected chi connectivity index (χ0v) is 18.7. The van der Waals surface area contributed by atoms with Crippen molar-refractivity contribution in [2.75, 3.05) is 44.6 Å². The van der Waals surface area contributed by atoms with Crippen molar-refractivity contribution in [1.82, 2.24) is 20.0 Å². The minimum absolute atomic E-state index is 0.0876. The minimum Gasteiger partial charge on any atom is -0.339 e. The van der Waals surface area contributed by atoms with E-state index < -0.39 is 11.6 Å². The quantitative estimate of drug-likeness (QED) is 0.660. The maximum Gasteiger partial charge on any atom is 0.325 e. The van der Waals surface area contributed by atoms with Crippen LogP contribution in [-0.4, -0.2) is 83.3 Å². The molecule has 0 aromatic heterocycles. The summed E-state index contributed by atoms with van der Waals surface area (Å²) in [5.74, 6) is -0.714. The van der Waals surface area contributed by atoms with Gasteiger partial charge in [-0.15, -0.1) is 0 Å². The molecule has 1 atom stereocenters. The van der Waals surface area contributed by atoms with Crippen molar-refractivity contribution in [2.24, 2.45) is 0 Å². The first-order chi connectivity index (χ1) is 14.6. The predicted octanol–water partition coefficient (Wildman–Crippen LogP) is 1.11. The van der Waals surface area contributed by atoms with E-state index in [4.69, 9.17) is 0 Å². The van der Waals surface area contributed by atoms with Gasteiger partial charge in [-0.2, -0.15) is 0 Å². The van der Waals surface area contributed by atoms with Crippen molar-refractivity contribution in [3.05, 3.63) is 29.3 Å². The lowest BCUT2D eigenvalue weighted by Gasteiger charge is -2.35. The molecule has 1 aromatic rings. The van der Waals surface area contributed by atoms with Gasteiger partial charge in [-0.25, -0.2) is 4.79 Å². The zero-order chi connectivity index (χ0) is 22.8. The smallest absolute Gasteiger partial charge is 0.325 e. The number of para-hydroxylation sites is 1. The highest BCUT2D eigenvalue weighted by Gasteiger charge is 2.47. The molecule has 0 unspecified atom stereocenters. The minimum atomic E-state index is -0.946. The van der Waals surface area contributed by atoms with E-state index in [9.17, 15) is 19.2 Å². The maximum absolute atomic E-state index is 12.6. The van der Waals surface area contributed by atoms with Gasteiger partial charge in [0.2, 0.25) is 11.8 Å². The summed E-state index contributed by atoms with van der Waals surface area (Å²) < 4.78 is 0. The molecule has 168 valence electrons. The van der Waals surface area contributed by atoms with E-state index in [-0.39, 0.29) is 30.8 Å². The van der Waals surface area contributed by atoms with Crippen molar-refractivity contribution in [3.63, 3.8) is 0 Å². The van der Waals surface area contributed by atoms with E-state index in [1.54, 1.807) is 11.8 Å². The third kappa shape index (κ3) is 4.87. The van der Waals surface area contributed by atoms with Crippen LogP contribution in [0, 0.1) is 13.8 Å². The second-order valence-electron chi connectivity index (χ2n) is 8.48. The molecule has 2 N–H and O–H groups in total. The van der Waals surface area contributed by atoms with Crippen LogP contribution >= 0.6 is 0 Å². The summed E-state index contributed by atoms with van der Waals surface area (Å²) in [5.41, 5.74) is 1.93. The maximum atomic E-state index is 12.6. The third-order valence-electron chi connectivity index (χ3n) is 6.18. The monoisotopic (exact) mass is 429 g/mol. The summed E-state index contributed by atoms with van der Waals surface area (Å²) in [6.45, 7) is 9.40. The van der Waals surface area contributed by atoms with Crippen LogP contribution in [0.2, 0.25) is 0 Å². The van der Waals surface area contributed by atoms with Crippen LogP contribution in [-0.2, 0) is 14.4 Å². The highest BCUT2D eigenvalue weighted by Crippen LogP contribution is 2.21. The second-order valence-corrected chi connectivity index (χ2v) is 8.48. The lowest BCUT2D eigenvalue weighted by molar-refractivity contribution is -0.139. The molecule has 0 bridgehead atoms. The lowest BCUT2D eigenvalue weighted by Crippen LogP contribution is -2.53. The molecule has 1 aromatic carbocycles. The number of hydrogen-bond acceptors (Lipinski definition) is 5. The molecular weight excluding hydrogens is 398 g/mol. The molecular formula is C22H31N5O4. The van der Waals surface area contributed by atoms with Gasteiger partial charge in [-0.05, 0) is 38.3 Å². The number of amides is 5. The van der Waals surface area contributed by atoms with Crippen LogP contribution in [0.3, 0.4) is 0 Å². The molecule has 9 heteroatoms. The normalized spacial score (nSPS) is 21.9. The highest BCUT2D eigenvalue weighted by molar-refractivity contribution is 6.08. The molecule has 3 rings (SSSR count). The molecule has 0 saturated carbocycles. The highest BCUT2D eigenvalue weighted by atomic mass is 16.2. The van der Waals surface area contributed by atoms with E-state index in [1.807, 2.05) is 43.9 Å². The van der Waals surface area contributed by atoms with Crippen molar-refractivity contribution in [3.8, 4) is 0 Å². The number of carbonyl (C=O) groups excluding carboxylic acids is 4. The molecule has 31 heavy (non-hydrogen) atoms. The van der Waals surface area contributed by atoms with Crippen LogP contribution in [0.4, 0.5) is 10.5 Å². The lowest BCUT2D eigenvalue weighted by atomic mass is 9.99. The fourth-order valence-electron chi connectivity index (χ4n) is 3.91. The summed E-state index contributed by atoms with van der Waals surface area (Å²) in [4.78, 5) is 54.3. The Kier molecular flexibility index (Phi) is 6.64. The van der Waals surface area contributed by atoms with E-state index >= 15 is 0 Å². The van der Waals surface area contributed by atoms with Gasteiger partial charge < -0.3 is 15.5 Å². The van der Waals surface area contributed by atoms with Crippen molar-refractivity contribution >= 4 is 29.4 Å². The Balaban J connectivity index is 1.48. The summed E-state index contributed by atoms with van der Waals surface area (Å²) in [5, 5.41) is 5.64. The van der Waals surface area contributed by atoms with Gasteiger partial charge >= 0.3 is 6.03 Å². The Bertz CT molecular complexity index is 874. The molecule has 2 heterocycles. The van der Waals surface area contributed by atoms with Gasteiger partial charge in [0, 0.05) is 31.9 Å². The van der Waals surface area contributed by atoms with E-state index in [2.05, 4.69) is 10.6 Å². The molecule has 5 amide bonds. The molecule has 2 aliphatic rings. The topological polar surface area (TPSA) is 102 Å². The standard InChI is InChI=1S/C22H31N5O4/c1-5-22(4)20(30)27(21(31)24-22)14-18(29)26-11-9-25(10-12-26)13-17(28)23-19-15(2)7-6-8-16(19)3/h6-8H,5,9-14H2,1-4H3,(H,23,28)(H,24,31)/t22-/m1/s1. The molecule has 9 nitrogen and oxygen atoms in total. The van der Waals surface area contributed by atoms with Crippen LogP contribution in [0.1, 0.15) is 31.4 Å². The van der Waals surface area contributed by atoms with Gasteiger partial charge in [0.15, 0.2) is 0 Å². The zero-order valence-electron chi connectivity index (χ0n) is 18.7. The Labute approximate surface area is 182 Å². The largest absolute Gasteiger partial charge is 0.339 e. The van der Waals surface area contributed by atoms with Gasteiger partial charge in [-0.1, -0.05) is 25.1 Å². The van der Waals surface area contributed by atoms with E-state index in [0.717, 1.165) is 21.7 Å². The number of urea groups is 1. The van der Waals surface area contributed by atoms with Crippen molar-refractivity contribution in [2.45, 2.75) is 39.7 Å². The predicted molar refractivity (Wildman–Crippen MR) is 117 cm³/mol. The Morgan fingerprint density at radius 2 is 1.68 bits per heavy atom. The summed E-state index contributed by atoms with van der Waals surface area (Å²) in [6, 6.07) is 5.35. The molecule has 0 radical (unpaired) electrons. The molecule has 2 fully saturated rings. The fraction of sp³-hybridized carbons (Fsp3) is 0.545. The van der Waals surface area contributed by atoms with Crippen LogP contribution in [0.25, 0.3) is 0 Å².